The van der Waals surface area contributed by atoms with Crippen molar-refractivity contribution in [2.75, 3.05) is 0 Å². The first-order valence-corrected chi connectivity index (χ1v) is 9.76. The van der Waals surface area contributed by atoms with Crippen LogP contribution in [0.15, 0.2) is 11.6 Å². The maximum Gasteiger partial charge on any atom is 0.139 e. The minimum atomic E-state index is 0.0132. The van der Waals surface area contributed by atoms with Gasteiger partial charge in [-0.15, -0.1) is 0 Å². The zero-order valence-electron chi connectivity index (χ0n) is 13.3. The van der Waals surface area contributed by atoms with Crippen LogP contribution < -0.4 is 0 Å². The van der Waals surface area contributed by atoms with Gasteiger partial charge in [-0.05, 0) is 62.7 Å². The summed E-state index contributed by atoms with van der Waals surface area (Å²) in [6.45, 7) is 4.80. The van der Waals surface area contributed by atoms with Gasteiger partial charge < -0.3 is 0 Å². The van der Waals surface area contributed by atoms with Crippen LogP contribution in [0.3, 0.4) is 0 Å². The molecule has 4 rings (SSSR count). The molecule has 4 aliphatic carbocycles. The molecule has 21 heavy (non-hydrogen) atoms. The SMILES string of the molecule is C[C@]12CC[C@H]3[C@@H](CC=C4CCCC(Br)[C@@]43C)[C@@H]1CCC2=O. The number of alkyl halides is 1. The second kappa shape index (κ2) is 4.69. The van der Waals surface area contributed by atoms with Crippen LogP contribution in [0.4, 0.5) is 0 Å². The molecule has 0 aromatic rings. The standard InChI is InChI=1S/C19H27BrO/c1-18-11-10-15-13(14(18)8-9-17(18)21)7-6-12-4-3-5-16(20)19(12,15)2/h6,13-16H,3-5,7-11H2,1-2H3/t13-,14-,15-,16?,18-,19-/m0/s1. The largest absolute Gasteiger partial charge is 0.299 e. The Morgan fingerprint density at radius 2 is 1.95 bits per heavy atom. The number of hydrogen-bond donors (Lipinski definition) is 0. The maximum atomic E-state index is 12.4. The monoisotopic (exact) mass is 350 g/mol. The Morgan fingerprint density at radius 3 is 2.76 bits per heavy atom. The van der Waals surface area contributed by atoms with Gasteiger partial charge in [0.05, 0.1) is 0 Å². The first kappa shape index (κ1) is 14.5. The van der Waals surface area contributed by atoms with Gasteiger partial charge >= 0.3 is 0 Å². The molecule has 116 valence electrons. The smallest absolute Gasteiger partial charge is 0.139 e. The summed E-state index contributed by atoms with van der Waals surface area (Å²) in [6.07, 6.45) is 12.2. The third-order valence-corrected chi connectivity index (χ3v) is 9.21. The third-order valence-electron chi connectivity index (χ3n) is 7.80. The molecule has 4 aliphatic rings. The number of carbonyl (C=O) groups excluding carboxylic acids is 1. The van der Waals surface area contributed by atoms with Crippen molar-refractivity contribution in [3.8, 4) is 0 Å². The first-order valence-electron chi connectivity index (χ1n) is 8.85. The van der Waals surface area contributed by atoms with E-state index in [-0.39, 0.29) is 5.41 Å². The summed E-state index contributed by atoms with van der Waals surface area (Å²) in [5.74, 6) is 2.76. The average Bonchev–Trinajstić information content (AvgIpc) is 2.76. The highest BCUT2D eigenvalue weighted by Crippen LogP contribution is 2.64. The molecule has 0 heterocycles. The minimum absolute atomic E-state index is 0.0132. The summed E-state index contributed by atoms with van der Waals surface area (Å²) in [4.78, 5) is 13.0. The van der Waals surface area contributed by atoms with Crippen LogP contribution in [0.2, 0.25) is 0 Å². The predicted molar refractivity (Wildman–Crippen MR) is 89.4 cm³/mol. The number of fused-ring (bicyclic) bond motifs is 5. The zero-order chi connectivity index (χ0) is 14.8. The van der Waals surface area contributed by atoms with E-state index in [1.165, 1.54) is 32.1 Å². The van der Waals surface area contributed by atoms with Crippen LogP contribution in [0.5, 0.6) is 0 Å². The molecule has 0 radical (unpaired) electrons. The van der Waals surface area contributed by atoms with Crippen molar-refractivity contribution in [3.05, 3.63) is 11.6 Å². The molecule has 0 N–H and O–H groups in total. The van der Waals surface area contributed by atoms with Crippen molar-refractivity contribution in [2.24, 2.45) is 28.6 Å². The number of Topliss-reactive ketones (excluding diaryl/α,β-unsaturated/α-hetero) is 1. The number of halogens is 1. The van der Waals surface area contributed by atoms with Crippen LogP contribution in [0.25, 0.3) is 0 Å². The molecule has 0 aliphatic heterocycles. The van der Waals surface area contributed by atoms with E-state index in [1.807, 2.05) is 0 Å². The first-order chi connectivity index (χ1) is 9.98. The van der Waals surface area contributed by atoms with E-state index in [2.05, 4.69) is 35.9 Å². The Bertz CT molecular complexity index is 510. The molecule has 1 unspecified atom stereocenters. The Balaban J connectivity index is 1.74. The van der Waals surface area contributed by atoms with E-state index in [0.717, 1.165) is 31.1 Å². The molecule has 3 saturated carbocycles. The third kappa shape index (κ3) is 1.77. The van der Waals surface area contributed by atoms with Crippen LogP contribution >= 0.6 is 15.9 Å². The molecule has 0 aromatic heterocycles. The topological polar surface area (TPSA) is 17.1 Å². The van der Waals surface area contributed by atoms with Crippen LogP contribution in [-0.2, 0) is 4.79 Å². The second-order valence-corrected chi connectivity index (χ2v) is 9.51. The van der Waals surface area contributed by atoms with Gasteiger partial charge in [0.25, 0.3) is 0 Å². The van der Waals surface area contributed by atoms with Crippen molar-refractivity contribution in [2.45, 2.75) is 70.0 Å². The molecular weight excluding hydrogens is 324 g/mol. The average molecular weight is 351 g/mol. The Kier molecular flexibility index (Phi) is 3.24. The quantitative estimate of drug-likeness (QED) is 0.429. The molecule has 0 amide bonds. The lowest BCUT2D eigenvalue weighted by Crippen LogP contribution is -2.52. The number of allylic oxidation sites excluding steroid dienone is 2. The fourth-order valence-corrected chi connectivity index (χ4v) is 7.40. The van der Waals surface area contributed by atoms with Crippen molar-refractivity contribution in [3.63, 3.8) is 0 Å². The van der Waals surface area contributed by atoms with Gasteiger partial charge in [0.15, 0.2) is 0 Å². The van der Waals surface area contributed by atoms with Crippen molar-refractivity contribution in [1.82, 2.24) is 0 Å². The molecule has 0 spiro atoms. The maximum absolute atomic E-state index is 12.4. The second-order valence-electron chi connectivity index (χ2n) is 8.40. The summed E-state index contributed by atoms with van der Waals surface area (Å²) in [5.41, 5.74) is 2.10. The summed E-state index contributed by atoms with van der Waals surface area (Å²) in [7, 11) is 0. The fourth-order valence-electron chi connectivity index (χ4n) is 6.44. The fraction of sp³-hybridized carbons (Fsp3) is 0.842. The predicted octanol–water partition coefficient (Wildman–Crippen LogP) is 5.28. The Morgan fingerprint density at radius 1 is 1.14 bits per heavy atom. The molecule has 3 fully saturated rings. The number of carbonyl (C=O) groups is 1. The van der Waals surface area contributed by atoms with Crippen molar-refractivity contribution < 1.29 is 4.79 Å². The molecule has 1 nitrogen and oxygen atoms in total. The molecule has 2 heteroatoms. The van der Waals surface area contributed by atoms with E-state index in [1.54, 1.807) is 5.57 Å². The molecular formula is C19H27BrO. The Hall–Kier alpha value is -0.110. The number of hydrogen-bond acceptors (Lipinski definition) is 1. The highest BCUT2D eigenvalue weighted by atomic mass is 79.9. The molecule has 0 aromatic carbocycles. The van der Waals surface area contributed by atoms with E-state index in [4.69, 9.17) is 0 Å². The summed E-state index contributed by atoms with van der Waals surface area (Å²) in [5, 5.41) is 0. The molecule has 0 saturated heterocycles. The lowest BCUT2D eigenvalue weighted by Gasteiger charge is -2.57. The van der Waals surface area contributed by atoms with Crippen LogP contribution in [-0.4, -0.2) is 10.6 Å². The summed E-state index contributed by atoms with van der Waals surface area (Å²) in [6, 6.07) is 0. The lowest BCUT2D eigenvalue weighted by molar-refractivity contribution is -0.131. The minimum Gasteiger partial charge on any atom is -0.299 e. The number of ketones is 1. The van der Waals surface area contributed by atoms with Gasteiger partial charge in [0, 0.05) is 22.1 Å². The van der Waals surface area contributed by atoms with Gasteiger partial charge in [-0.2, -0.15) is 0 Å². The highest BCUT2D eigenvalue weighted by molar-refractivity contribution is 9.09. The zero-order valence-corrected chi connectivity index (χ0v) is 14.9. The van der Waals surface area contributed by atoms with Crippen molar-refractivity contribution in [1.29, 1.82) is 0 Å². The van der Waals surface area contributed by atoms with Gasteiger partial charge in [-0.25, -0.2) is 0 Å². The van der Waals surface area contributed by atoms with Crippen molar-refractivity contribution >= 4 is 21.7 Å². The Labute approximate surface area is 137 Å². The van der Waals surface area contributed by atoms with E-state index < -0.39 is 0 Å². The lowest BCUT2D eigenvalue weighted by atomic mass is 9.48. The number of rotatable bonds is 0. The van der Waals surface area contributed by atoms with E-state index >= 15 is 0 Å². The normalized spacial score (nSPS) is 52.7. The van der Waals surface area contributed by atoms with Gasteiger partial charge in [0.1, 0.15) is 5.78 Å². The van der Waals surface area contributed by atoms with Crippen LogP contribution in [0, 0.1) is 28.6 Å². The highest BCUT2D eigenvalue weighted by Gasteiger charge is 2.59. The van der Waals surface area contributed by atoms with E-state index in [0.29, 0.717) is 21.9 Å². The molecule has 0 bridgehead atoms. The van der Waals surface area contributed by atoms with Gasteiger partial charge in [-0.3, -0.25) is 4.79 Å². The summed E-state index contributed by atoms with van der Waals surface area (Å²) >= 11 is 4.04. The van der Waals surface area contributed by atoms with Gasteiger partial charge in [0.2, 0.25) is 0 Å². The summed E-state index contributed by atoms with van der Waals surface area (Å²) < 4.78 is 0. The van der Waals surface area contributed by atoms with E-state index in [9.17, 15) is 4.79 Å². The van der Waals surface area contributed by atoms with Gasteiger partial charge in [-0.1, -0.05) is 41.4 Å². The van der Waals surface area contributed by atoms with Crippen LogP contribution in [0.1, 0.15) is 65.2 Å². The molecule has 6 atom stereocenters.